The van der Waals surface area contributed by atoms with Crippen LogP contribution in [0.3, 0.4) is 0 Å². The Balaban J connectivity index is 1.61. The molecule has 2 aromatic rings. The SMILES string of the molecule is CCOC(=O)CS(=O)(=O)Nc1ccc(C(=O)Nc2cccn(C3CC(F)(F)C3)c2=O)c(N2CC[Si](C)(C)CC2)c1. The number of carbonyl (C=O) groups excluding carboxylic acids is 2. The van der Waals surface area contributed by atoms with E-state index in [4.69, 9.17) is 4.74 Å². The molecular weight excluding hydrogens is 562 g/mol. The summed E-state index contributed by atoms with van der Waals surface area (Å²) < 4.78 is 60.2. The van der Waals surface area contributed by atoms with Gasteiger partial charge < -0.3 is 19.5 Å². The highest BCUT2D eigenvalue weighted by Crippen LogP contribution is 2.44. The van der Waals surface area contributed by atoms with Gasteiger partial charge in [-0.1, -0.05) is 13.1 Å². The summed E-state index contributed by atoms with van der Waals surface area (Å²) in [6, 6.07) is 8.65. The van der Waals surface area contributed by atoms with Gasteiger partial charge in [-0.05, 0) is 49.3 Å². The maximum Gasteiger partial charge on any atom is 0.323 e. The number of benzene rings is 1. The smallest absolute Gasteiger partial charge is 0.323 e. The van der Waals surface area contributed by atoms with E-state index in [1.807, 2.05) is 4.90 Å². The van der Waals surface area contributed by atoms with Gasteiger partial charge in [0.2, 0.25) is 10.0 Å². The van der Waals surface area contributed by atoms with Crippen LogP contribution in [0, 0.1) is 0 Å². The molecule has 2 heterocycles. The van der Waals surface area contributed by atoms with Gasteiger partial charge in [-0.2, -0.15) is 0 Å². The summed E-state index contributed by atoms with van der Waals surface area (Å²) in [5.41, 5.74) is 0.255. The molecule has 40 heavy (non-hydrogen) atoms. The summed E-state index contributed by atoms with van der Waals surface area (Å²) in [6.45, 7) is 7.55. The van der Waals surface area contributed by atoms with Gasteiger partial charge in [0.25, 0.3) is 17.4 Å². The molecule has 14 heteroatoms. The van der Waals surface area contributed by atoms with Gasteiger partial charge in [0.1, 0.15) is 5.69 Å². The summed E-state index contributed by atoms with van der Waals surface area (Å²) in [6.07, 6.45) is 0.563. The fraction of sp³-hybridized carbons (Fsp3) is 0.500. The lowest BCUT2D eigenvalue weighted by molar-refractivity contribution is -0.139. The molecule has 2 N–H and O–H groups in total. The first-order valence-corrected chi connectivity index (χ1v) is 18.2. The summed E-state index contributed by atoms with van der Waals surface area (Å²) in [7, 11) is -5.45. The van der Waals surface area contributed by atoms with Crippen molar-refractivity contribution in [3.8, 4) is 0 Å². The Bertz CT molecular complexity index is 1450. The third-order valence-electron chi connectivity index (χ3n) is 7.27. The van der Waals surface area contributed by atoms with Crippen LogP contribution >= 0.6 is 0 Å². The zero-order chi connectivity index (χ0) is 29.3. The maximum absolute atomic E-state index is 13.4. The van der Waals surface area contributed by atoms with Crippen LogP contribution < -0.4 is 20.5 Å². The van der Waals surface area contributed by atoms with Crippen molar-refractivity contribution >= 4 is 47.0 Å². The summed E-state index contributed by atoms with van der Waals surface area (Å²) >= 11 is 0. The van der Waals surface area contributed by atoms with Gasteiger partial charge in [0, 0.05) is 38.2 Å². The maximum atomic E-state index is 13.4. The van der Waals surface area contributed by atoms with Crippen molar-refractivity contribution in [2.24, 2.45) is 0 Å². The Kier molecular flexibility index (Phi) is 8.40. The zero-order valence-corrected chi connectivity index (χ0v) is 24.5. The first-order valence-electron chi connectivity index (χ1n) is 13.1. The molecule has 10 nitrogen and oxygen atoms in total. The van der Waals surface area contributed by atoms with Crippen molar-refractivity contribution < 1.29 is 31.5 Å². The number of esters is 1. The quantitative estimate of drug-likeness (QED) is 0.332. The normalized spacial score (nSPS) is 18.5. The molecule has 0 atom stereocenters. The standard InChI is InChI=1S/C26H34F2N4O6SSi/c1-4-38-23(33)17-39(36,37)30-18-7-8-20(22(14-18)31-10-12-40(2,3)13-11-31)24(34)29-21-6-5-9-32(25(21)35)19-15-26(27,28)16-19/h5-9,14,19,30H,4,10-13,15-17H2,1-3H3,(H,29,34). The Morgan fingerprint density at radius 2 is 1.82 bits per heavy atom. The summed E-state index contributed by atoms with van der Waals surface area (Å²) in [5, 5.41) is 2.62. The molecule has 2 aliphatic rings. The van der Waals surface area contributed by atoms with Crippen molar-refractivity contribution in [2.75, 3.05) is 40.4 Å². The molecule has 1 saturated carbocycles. The number of halogens is 2. The Labute approximate surface area is 232 Å². The van der Waals surface area contributed by atoms with Crippen molar-refractivity contribution in [2.45, 2.75) is 56.9 Å². The number of hydrogen-bond donors (Lipinski definition) is 2. The molecule has 1 amide bonds. The largest absolute Gasteiger partial charge is 0.465 e. The lowest BCUT2D eigenvalue weighted by Crippen LogP contribution is -2.43. The molecule has 218 valence electrons. The number of rotatable bonds is 9. The topological polar surface area (TPSA) is 127 Å². The minimum Gasteiger partial charge on any atom is -0.465 e. The van der Waals surface area contributed by atoms with Gasteiger partial charge in [0.15, 0.2) is 5.75 Å². The van der Waals surface area contributed by atoms with Gasteiger partial charge in [-0.15, -0.1) is 0 Å². The predicted octanol–water partition coefficient (Wildman–Crippen LogP) is 3.90. The molecule has 0 unspecified atom stereocenters. The minimum absolute atomic E-state index is 0.0416. The molecule has 1 aliphatic heterocycles. The van der Waals surface area contributed by atoms with Gasteiger partial charge >= 0.3 is 5.97 Å². The van der Waals surface area contributed by atoms with E-state index in [0.29, 0.717) is 18.8 Å². The molecule has 0 spiro atoms. The highest BCUT2D eigenvalue weighted by molar-refractivity contribution is 7.93. The van der Waals surface area contributed by atoms with Crippen LogP contribution in [0.25, 0.3) is 0 Å². The number of carbonyl (C=O) groups is 2. The number of ether oxygens (including phenoxy) is 1. The number of amides is 1. The summed E-state index contributed by atoms with van der Waals surface area (Å²) in [5.74, 6) is -5.13. The highest BCUT2D eigenvalue weighted by atomic mass is 32.2. The van der Waals surface area contributed by atoms with Crippen LogP contribution in [0.1, 0.15) is 36.2 Å². The Hall–Kier alpha value is -3.26. The number of sulfonamides is 1. The van der Waals surface area contributed by atoms with Gasteiger partial charge in [-0.25, -0.2) is 17.2 Å². The van der Waals surface area contributed by atoms with Gasteiger partial charge in [-0.3, -0.25) is 19.1 Å². The molecule has 1 aliphatic carbocycles. The fourth-order valence-electron chi connectivity index (χ4n) is 4.88. The number of pyridine rings is 1. The van der Waals surface area contributed by atoms with E-state index in [2.05, 4.69) is 23.1 Å². The number of hydrogen-bond acceptors (Lipinski definition) is 7. The van der Waals surface area contributed by atoms with E-state index in [0.717, 1.165) is 12.1 Å². The third-order valence-corrected chi connectivity index (χ3v) is 11.6. The lowest BCUT2D eigenvalue weighted by Gasteiger charge is -2.38. The molecule has 2 fully saturated rings. The van der Waals surface area contributed by atoms with Crippen LogP contribution in [0.4, 0.5) is 25.8 Å². The number of nitrogens with zero attached hydrogens (tertiary/aromatic N) is 2. The number of alkyl halides is 2. The number of aromatic nitrogens is 1. The molecule has 0 bridgehead atoms. The van der Waals surface area contributed by atoms with E-state index >= 15 is 0 Å². The Morgan fingerprint density at radius 1 is 1.15 bits per heavy atom. The van der Waals surface area contributed by atoms with E-state index in [-0.39, 0.29) is 23.5 Å². The molecule has 1 aromatic carbocycles. The van der Waals surface area contributed by atoms with Crippen molar-refractivity contribution in [1.29, 1.82) is 0 Å². The fourth-order valence-corrected chi connectivity index (χ4v) is 7.84. The van der Waals surface area contributed by atoms with E-state index in [9.17, 15) is 31.6 Å². The molecule has 4 rings (SSSR count). The molecule has 1 saturated heterocycles. The third kappa shape index (κ3) is 7.08. The number of nitrogens with one attached hydrogen (secondary N) is 2. The first kappa shape index (κ1) is 29.7. The van der Waals surface area contributed by atoms with Crippen LogP contribution in [0.5, 0.6) is 0 Å². The average Bonchev–Trinajstić information content (AvgIpc) is 2.83. The monoisotopic (exact) mass is 596 g/mol. The molecule has 0 radical (unpaired) electrons. The first-order chi connectivity index (χ1) is 18.7. The van der Waals surface area contributed by atoms with Gasteiger partial charge in [0.05, 0.1) is 31.6 Å². The average molecular weight is 597 g/mol. The minimum atomic E-state index is -4.06. The van der Waals surface area contributed by atoms with Crippen LogP contribution in [-0.2, 0) is 19.6 Å². The van der Waals surface area contributed by atoms with Crippen molar-refractivity contribution in [3.63, 3.8) is 0 Å². The second-order valence-electron chi connectivity index (χ2n) is 11.1. The predicted molar refractivity (Wildman–Crippen MR) is 152 cm³/mol. The van der Waals surface area contributed by atoms with Crippen LogP contribution in [0.15, 0.2) is 41.3 Å². The van der Waals surface area contributed by atoms with E-state index in [1.165, 1.54) is 41.1 Å². The molecule has 1 aromatic heterocycles. The zero-order valence-electron chi connectivity index (χ0n) is 22.7. The summed E-state index contributed by atoms with van der Waals surface area (Å²) in [4.78, 5) is 40.1. The van der Waals surface area contributed by atoms with E-state index < -0.39 is 66.1 Å². The lowest BCUT2D eigenvalue weighted by atomic mass is 9.88. The van der Waals surface area contributed by atoms with E-state index in [1.54, 1.807) is 6.92 Å². The van der Waals surface area contributed by atoms with Crippen LogP contribution in [0.2, 0.25) is 25.2 Å². The second-order valence-corrected chi connectivity index (χ2v) is 18.1. The van der Waals surface area contributed by atoms with Crippen molar-refractivity contribution in [3.05, 3.63) is 52.4 Å². The second kappa shape index (κ2) is 11.3. The van der Waals surface area contributed by atoms with Crippen molar-refractivity contribution in [1.82, 2.24) is 4.57 Å². The Morgan fingerprint density at radius 3 is 2.45 bits per heavy atom. The number of anilines is 3. The highest BCUT2D eigenvalue weighted by Gasteiger charge is 2.46. The molecular formula is C26H34F2N4O6SSi. The van der Waals surface area contributed by atoms with Crippen LogP contribution in [-0.4, -0.2) is 64.3 Å².